The Morgan fingerprint density at radius 1 is 0.733 bits per heavy atom. The number of halogens is 4. The smallest absolute Gasteiger partial charge is 0.224 e. The van der Waals surface area contributed by atoms with Crippen LogP contribution in [0.15, 0.2) is 70.5 Å². The molecule has 0 fully saturated rings. The lowest BCUT2D eigenvalue weighted by Gasteiger charge is -2.08. The monoisotopic (exact) mass is 576 g/mol. The Bertz CT molecular complexity index is 974. The first kappa shape index (κ1) is 27.1. The first-order chi connectivity index (χ1) is 13.9. The molecule has 0 spiro atoms. The molecule has 0 radical (unpaired) electrons. The second kappa shape index (κ2) is 12.2. The lowest BCUT2D eigenvalue weighted by Crippen LogP contribution is -2.17. The Kier molecular flexibility index (Phi) is 11.0. The fourth-order valence-corrected chi connectivity index (χ4v) is 6.54. The summed E-state index contributed by atoms with van der Waals surface area (Å²) in [4.78, 5) is 21.4. The van der Waals surface area contributed by atoms with Crippen molar-refractivity contribution in [3.05, 3.63) is 60.7 Å². The van der Waals surface area contributed by atoms with Gasteiger partial charge >= 0.3 is 0 Å². The molecule has 0 N–H and O–H groups in total. The van der Waals surface area contributed by atoms with Crippen LogP contribution in [0, 0.1) is 0 Å². The molecule has 0 aliphatic rings. The van der Waals surface area contributed by atoms with Gasteiger partial charge in [-0.25, -0.2) is 16.8 Å². The predicted octanol–water partition coefficient (Wildman–Crippen LogP) is 4.52. The van der Waals surface area contributed by atoms with Gasteiger partial charge in [-0.15, -0.1) is 11.6 Å². The minimum absolute atomic E-state index is 0.0860. The Morgan fingerprint density at radius 2 is 1.10 bits per heavy atom. The second-order valence-corrected chi connectivity index (χ2v) is 13.3. The summed E-state index contributed by atoms with van der Waals surface area (Å²) in [7, 11) is -7.20. The van der Waals surface area contributed by atoms with Gasteiger partial charge in [0.2, 0.25) is 10.5 Å². The van der Waals surface area contributed by atoms with Gasteiger partial charge in [0.1, 0.15) is 8.87 Å². The van der Waals surface area contributed by atoms with Crippen LogP contribution in [0.4, 0.5) is 0 Å². The van der Waals surface area contributed by atoms with E-state index in [9.17, 15) is 26.4 Å². The van der Waals surface area contributed by atoms with Crippen LogP contribution in [0.5, 0.6) is 0 Å². The molecule has 6 nitrogen and oxygen atoms in total. The van der Waals surface area contributed by atoms with Gasteiger partial charge in [0.15, 0.2) is 19.7 Å². The van der Waals surface area contributed by atoms with Gasteiger partial charge in [-0.1, -0.05) is 52.3 Å². The van der Waals surface area contributed by atoms with Gasteiger partial charge in [0.25, 0.3) is 0 Å². The van der Waals surface area contributed by atoms with Gasteiger partial charge in [-0.3, -0.25) is 9.59 Å². The molecule has 2 aromatic rings. The number of rotatable bonds is 8. The van der Waals surface area contributed by atoms with E-state index in [-0.39, 0.29) is 16.2 Å². The molecule has 0 heterocycles. The van der Waals surface area contributed by atoms with E-state index in [0.29, 0.717) is 0 Å². The van der Waals surface area contributed by atoms with Crippen molar-refractivity contribution in [2.24, 2.45) is 0 Å². The summed E-state index contributed by atoms with van der Waals surface area (Å²) in [5.74, 6) is 0. The van der Waals surface area contributed by atoms with Gasteiger partial charge in [-0.05, 0) is 47.5 Å². The fourth-order valence-electron chi connectivity index (χ4n) is 1.99. The third-order valence-electron chi connectivity index (χ3n) is 3.46. The van der Waals surface area contributed by atoms with Crippen LogP contribution in [0.1, 0.15) is 12.8 Å². The summed E-state index contributed by atoms with van der Waals surface area (Å²) in [5.41, 5.74) is 0. The minimum atomic E-state index is -3.67. The average molecular weight is 579 g/mol. The molecule has 0 amide bonds. The maximum absolute atomic E-state index is 11.8. The molecule has 2 rings (SSSR count). The van der Waals surface area contributed by atoms with Crippen molar-refractivity contribution in [3.63, 3.8) is 0 Å². The Balaban J connectivity index is 0.000000300. The van der Waals surface area contributed by atoms with Crippen molar-refractivity contribution in [2.75, 3.05) is 0 Å². The zero-order chi connectivity index (χ0) is 22.9. The maximum atomic E-state index is 11.8. The van der Waals surface area contributed by atoms with Crippen molar-refractivity contribution in [3.8, 4) is 0 Å². The highest BCUT2D eigenvalue weighted by Gasteiger charge is 2.27. The van der Waals surface area contributed by atoms with E-state index in [2.05, 4.69) is 15.9 Å². The van der Waals surface area contributed by atoms with E-state index < -0.39 is 45.4 Å². The minimum Gasteiger partial charge on any atom is -0.281 e. The molecule has 2 atom stereocenters. The van der Waals surface area contributed by atoms with Crippen molar-refractivity contribution >= 4 is 80.9 Å². The number of alkyl halides is 2. The van der Waals surface area contributed by atoms with Crippen LogP contribution >= 0.6 is 50.7 Å². The molecule has 0 saturated heterocycles. The molecule has 164 valence electrons. The van der Waals surface area contributed by atoms with Crippen molar-refractivity contribution in [1.29, 1.82) is 0 Å². The molecule has 2 unspecified atom stereocenters. The number of carbonyl (C=O) groups excluding carboxylic acids is 2. The second-order valence-electron chi connectivity index (χ2n) is 5.65. The van der Waals surface area contributed by atoms with Crippen molar-refractivity contribution in [2.45, 2.75) is 31.5 Å². The van der Waals surface area contributed by atoms with Gasteiger partial charge < -0.3 is 0 Å². The lowest BCUT2D eigenvalue weighted by molar-refractivity contribution is -0.112. The van der Waals surface area contributed by atoms with Crippen LogP contribution in [0.3, 0.4) is 0 Å². The van der Waals surface area contributed by atoms with Crippen LogP contribution in [-0.2, 0) is 29.3 Å². The molecule has 0 saturated carbocycles. The fraction of sp³-hybridized carbons (Fsp3) is 0.222. The van der Waals surface area contributed by atoms with Crippen LogP contribution in [-0.4, -0.2) is 36.2 Å². The zero-order valence-corrected chi connectivity index (χ0v) is 20.6. The Labute approximate surface area is 198 Å². The average Bonchev–Trinajstić information content (AvgIpc) is 2.68. The molecule has 12 heteroatoms. The third-order valence-corrected chi connectivity index (χ3v) is 9.96. The first-order valence-electron chi connectivity index (χ1n) is 8.11. The Hall–Kier alpha value is -0.970. The molecular formula is C18H16BrCl3O6S2. The zero-order valence-electron chi connectivity index (χ0n) is 15.1. The highest BCUT2D eigenvalue weighted by Crippen LogP contribution is 2.23. The molecule has 0 aliphatic heterocycles. The predicted molar refractivity (Wildman–Crippen MR) is 121 cm³/mol. The standard InChI is InChI=1S/C9H8BrClO3S.C9H8Cl2O3S/c10-8(6-9(11)12)15(13,14)7-4-2-1-3-5-7;10-8(12)6-9(11)15(13,14)7-4-2-1-3-5-7/h1-5,8H,6H2;1-5,9H,6H2. The van der Waals surface area contributed by atoms with Crippen molar-refractivity contribution in [1.82, 2.24) is 0 Å². The summed E-state index contributed by atoms with van der Waals surface area (Å²) in [6.07, 6.45) is -0.654. The highest BCUT2D eigenvalue weighted by atomic mass is 79.9. The van der Waals surface area contributed by atoms with Crippen LogP contribution in [0.2, 0.25) is 0 Å². The molecule has 0 bridgehead atoms. The molecule has 30 heavy (non-hydrogen) atoms. The van der Waals surface area contributed by atoms with Crippen molar-refractivity contribution < 1.29 is 26.4 Å². The van der Waals surface area contributed by atoms with E-state index in [1.807, 2.05) is 0 Å². The summed E-state index contributed by atoms with van der Waals surface area (Å²) in [6, 6.07) is 15.6. The normalized spacial score (nSPS) is 13.5. The van der Waals surface area contributed by atoms with Gasteiger partial charge in [0.05, 0.1) is 16.2 Å². The molecular weight excluding hydrogens is 563 g/mol. The lowest BCUT2D eigenvalue weighted by atomic mass is 10.4. The van der Waals surface area contributed by atoms with Gasteiger partial charge in [0, 0.05) is 6.42 Å². The van der Waals surface area contributed by atoms with E-state index in [0.717, 1.165) is 0 Å². The number of benzene rings is 2. The quantitative estimate of drug-likeness (QED) is 0.337. The summed E-state index contributed by atoms with van der Waals surface area (Å²) >= 11 is 18.8. The Morgan fingerprint density at radius 3 is 1.47 bits per heavy atom. The molecule has 0 aliphatic carbocycles. The number of hydrogen-bond acceptors (Lipinski definition) is 6. The van der Waals surface area contributed by atoms with Crippen LogP contribution in [0.25, 0.3) is 0 Å². The molecule has 2 aromatic carbocycles. The largest absolute Gasteiger partial charge is 0.281 e. The van der Waals surface area contributed by atoms with Gasteiger partial charge in [-0.2, -0.15) is 0 Å². The van der Waals surface area contributed by atoms with E-state index in [1.165, 1.54) is 24.3 Å². The summed E-state index contributed by atoms with van der Waals surface area (Å²) in [6.45, 7) is 0. The number of carbonyl (C=O) groups is 2. The maximum Gasteiger partial charge on any atom is 0.224 e. The van der Waals surface area contributed by atoms with E-state index in [1.54, 1.807) is 36.4 Å². The highest BCUT2D eigenvalue weighted by molar-refractivity contribution is 9.11. The third kappa shape index (κ3) is 8.28. The topological polar surface area (TPSA) is 102 Å². The number of hydrogen-bond donors (Lipinski definition) is 0. The molecule has 0 aromatic heterocycles. The van der Waals surface area contributed by atoms with Crippen LogP contribution < -0.4 is 0 Å². The summed E-state index contributed by atoms with van der Waals surface area (Å²) < 4.78 is 44.8. The SMILES string of the molecule is O=C(Cl)CC(Br)S(=O)(=O)c1ccccc1.O=C(Cl)CC(Cl)S(=O)(=O)c1ccccc1. The number of sulfone groups is 2. The van der Waals surface area contributed by atoms with E-state index in [4.69, 9.17) is 34.8 Å². The van der Waals surface area contributed by atoms with E-state index >= 15 is 0 Å². The first-order valence-corrected chi connectivity index (χ1v) is 13.3. The summed E-state index contributed by atoms with van der Waals surface area (Å²) in [5, 5.41) is -1.45.